The van der Waals surface area contributed by atoms with Crippen LogP contribution in [0, 0.1) is 17.2 Å². The van der Waals surface area contributed by atoms with E-state index >= 15 is 0 Å². The topological polar surface area (TPSA) is 63.7 Å². The zero-order valence-electron chi connectivity index (χ0n) is 17.0. The van der Waals surface area contributed by atoms with Gasteiger partial charge in [0, 0.05) is 31.6 Å². The maximum atomic E-state index is 12.4. The Bertz CT molecular complexity index is 876. The number of rotatable bonds is 5. The van der Waals surface area contributed by atoms with Crippen LogP contribution < -0.4 is 4.74 Å². The van der Waals surface area contributed by atoms with E-state index in [1.165, 1.54) is 0 Å². The average Bonchev–Trinajstić information content (AvgIpc) is 2.99. The summed E-state index contributed by atoms with van der Waals surface area (Å²) in [6.45, 7) is 11.6. The van der Waals surface area contributed by atoms with Crippen molar-refractivity contribution in [2.75, 3.05) is 26.2 Å². The predicted octanol–water partition coefficient (Wildman–Crippen LogP) is 3.24. The second-order valence-corrected chi connectivity index (χ2v) is 8.52. The van der Waals surface area contributed by atoms with Crippen LogP contribution in [0.3, 0.4) is 0 Å². The standard InChI is InChI=1S/C20H28N4O3S/c1-15-6-5-7-16(12-15)26-13-17-21-24(19(28)27-17)14-22-8-10-23(11-9-22)18(25)20(2,3)4/h5-7,12H,8-11,13-14H2,1-4H3. The predicted molar refractivity (Wildman–Crippen MR) is 108 cm³/mol. The molecule has 1 aliphatic heterocycles. The first-order valence-electron chi connectivity index (χ1n) is 9.50. The van der Waals surface area contributed by atoms with E-state index in [0.29, 0.717) is 30.5 Å². The maximum absolute atomic E-state index is 12.4. The van der Waals surface area contributed by atoms with Gasteiger partial charge in [0.15, 0.2) is 6.61 Å². The monoisotopic (exact) mass is 404 g/mol. The number of hydrogen-bond acceptors (Lipinski definition) is 6. The normalized spacial score (nSPS) is 15.6. The molecule has 7 nitrogen and oxygen atoms in total. The van der Waals surface area contributed by atoms with Crippen LogP contribution in [0.1, 0.15) is 32.2 Å². The zero-order valence-corrected chi connectivity index (χ0v) is 17.8. The second kappa shape index (κ2) is 8.45. The molecule has 2 aromatic rings. The minimum Gasteiger partial charge on any atom is -0.484 e. The van der Waals surface area contributed by atoms with Crippen LogP contribution in [0.15, 0.2) is 28.7 Å². The van der Waals surface area contributed by atoms with Crippen molar-refractivity contribution in [2.24, 2.45) is 5.41 Å². The van der Waals surface area contributed by atoms with Crippen molar-refractivity contribution in [1.82, 2.24) is 19.6 Å². The third-order valence-electron chi connectivity index (χ3n) is 4.64. The van der Waals surface area contributed by atoms with Crippen molar-refractivity contribution in [3.05, 3.63) is 40.6 Å². The number of benzene rings is 1. The Morgan fingerprint density at radius 2 is 1.96 bits per heavy atom. The first-order valence-corrected chi connectivity index (χ1v) is 9.91. The number of amides is 1. The van der Waals surface area contributed by atoms with Gasteiger partial charge in [-0.25, -0.2) is 4.68 Å². The molecule has 1 saturated heterocycles. The first-order chi connectivity index (χ1) is 13.2. The molecule has 3 rings (SSSR count). The molecule has 0 unspecified atom stereocenters. The molecule has 0 saturated carbocycles. The van der Waals surface area contributed by atoms with Crippen molar-refractivity contribution in [1.29, 1.82) is 0 Å². The maximum Gasteiger partial charge on any atom is 0.288 e. The van der Waals surface area contributed by atoms with Gasteiger partial charge in [0.05, 0.1) is 6.67 Å². The molecule has 1 aliphatic rings. The highest BCUT2D eigenvalue weighted by Gasteiger charge is 2.29. The molecule has 0 spiro atoms. The molecule has 2 heterocycles. The number of aryl methyl sites for hydroxylation is 1. The molecule has 1 aromatic heterocycles. The Morgan fingerprint density at radius 3 is 2.61 bits per heavy atom. The van der Waals surface area contributed by atoms with Crippen LogP contribution >= 0.6 is 12.2 Å². The summed E-state index contributed by atoms with van der Waals surface area (Å²) in [6, 6.07) is 7.83. The fourth-order valence-corrected chi connectivity index (χ4v) is 3.30. The van der Waals surface area contributed by atoms with E-state index < -0.39 is 0 Å². The van der Waals surface area contributed by atoms with E-state index in [1.54, 1.807) is 4.68 Å². The Labute approximate surface area is 170 Å². The zero-order chi connectivity index (χ0) is 20.3. The number of ether oxygens (including phenoxy) is 1. The van der Waals surface area contributed by atoms with Gasteiger partial charge in [-0.05, 0) is 36.8 Å². The number of carbonyl (C=O) groups is 1. The molecule has 28 heavy (non-hydrogen) atoms. The van der Waals surface area contributed by atoms with Crippen molar-refractivity contribution < 1.29 is 13.9 Å². The van der Waals surface area contributed by atoms with E-state index in [-0.39, 0.29) is 17.9 Å². The molecular formula is C20H28N4O3S. The van der Waals surface area contributed by atoms with E-state index in [0.717, 1.165) is 24.4 Å². The lowest BCUT2D eigenvalue weighted by molar-refractivity contribution is -0.141. The van der Waals surface area contributed by atoms with Gasteiger partial charge in [0.1, 0.15) is 5.75 Å². The highest BCUT2D eigenvalue weighted by Crippen LogP contribution is 2.19. The first kappa shape index (κ1) is 20.5. The van der Waals surface area contributed by atoms with Crippen molar-refractivity contribution >= 4 is 18.1 Å². The summed E-state index contributed by atoms with van der Waals surface area (Å²) >= 11 is 5.29. The van der Waals surface area contributed by atoms with Gasteiger partial charge in [0.2, 0.25) is 5.91 Å². The minimum atomic E-state index is -0.344. The molecule has 1 aromatic carbocycles. The molecule has 1 amide bonds. The summed E-state index contributed by atoms with van der Waals surface area (Å²) in [4.78, 5) is 16.9. The third-order valence-corrected chi connectivity index (χ3v) is 4.93. The molecule has 0 radical (unpaired) electrons. The molecule has 0 aliphatic carbocycles. The van der Waals surface area contributed by atoms with Crippen LogP contribution in [0.4, 0.5) is 0 Å². The number of carbonyl (C=O) groups excluding carboxylic acids is 1. The summed E-state index contributed by atoms with van der Waals surface area (Å²) in [5.41, 5.74) is 0.788. The third kappa shape index (κ3) is 5.20. The van der Waals surface area contributed by atoms with E-state index in [2.05, 4.69) is 10.00 Å². The van der Waals surface area contributed by atoms with Gasteiger partial charge in [0.25, 0.3) is 10.7 Å². The van der Waals surface area contributed by atoms with E-state index in [4.69, 9.17) is 21.4 Å². The van der Waals surface area contributed by atoms with Gasteiger partial charge in [-0.1, -0.05) is 32.9 Å². The molecule has 0 atom stereocenters. The smallest absolute Gasteiger partial charge is 0.288 e. The SMILES string of the molecule is Cc1cccc(OCc2nn(CN3CCN(C(=O)C(C)(C)C)CC3)c(=S)o2)c1. The molecular weight excluding hydrogens is 376 g/mol. The highest BCUT2D eigenvalue weighted by atomic mass is 32.1. The number of hydrogen-bond donors (Lipinski definition) is 0. The Morgan fingerprint density at radius 1 is 1.25 bits per heavy atom. The summed E-state index contributed by atoms with van der Waals surface area (Å²) in [6.07, 6.45) is 0. The Balaban J connectivity index is 1.53. The van der Waals surface area contributed by atoms with E-state index in [9.17, 15) is 4.79 Å². The molecule has 152 valence electrons. The van der Waals surface area contributed by atoms with E-state index in [1.807, 2.05) is 56.9 Å². The van der Waals surface area contributed by atoms with Gasteiger partial charge in [-0.3, -0.25) is 9.69 Å². The lowest BCUT2D eigenvalue weighted by Gasteiger charge is -2.37. The van der Waals surface area contributed by atoms with Crippen molar-refractivity contribution in [3.63, 3.8) is 0 Å². The van der Waals surface area contributed by atoms with Crippen LogP contribution in [-0.2, 0) is 18.1 Å². The lowest BCUT2D eigenvalue weighted by Crippen LogP contribution is -2.51. The number of aromatic nitrogens is 2. The van der Waals surface area contributed by atoms with Gasteiger partial charge in [-0.15, -0.1) is 5.10 Å². The fourth-order valence-electron chi connectivity index (χ4n) is 3.10. The minimum absolute atomic E-state index is 0.195. The number of piperazine rings is 1. The molecule has 1 fully saturated rings. The Hall–Kier alpha value is -2.19. The van der Waals surface area contributed by atoms with Crippen LogP contribution in [0.25, 0.3) is 0 Å². The second-order valence-electron chi connectivity index (χ2n) is 8.17. The van der Waals surface area contributed by atoms with Crippen LogP contribution in [-0.4, -0.2) is 51.7 Å². The average molecular weight is 405 g/mol. The highest BCUT2D eigenvalue weighted by molar-refractivity contribution is 7.71. The van der Waals surface area contributed by atoms with Crippen molar-refractivity contribution in [3.8, 4) is 5.75 Å². The van der Waals surface area contributed by atoms with Gasteiger partial charge in [-0.2, -0.15) is 0 Å². The number of nitrogens with zero attached hydrogens (tertiary/aromatic N) is 4. The largest absolute Gasteiger partial charge is 0.484 e. The van der Waals surface area contributed by atoms with Crippen LogP contribution in [0.2, 0.25) is 0 Å². The van der Waals surface area contributed by atoms with Gasteiger partial charge < -0.3 is 14.1 Å². The summed E-state index contributed by atoms with van der Waals surface area (Å²) < 4.78 is 13.0. The summed E-state index contributed by atoms with van der Waals surface area (Å²) in [5.74, 6) is 1.42. The fraction of sp³-hybridized carbons (Fsp3) is 0.550. The molecule has 0 bridgehead atoms. The van der Waals surface area contributed by atoms with Gasteiger partial charge >= 0.3 is 0 Å². The van der Waals surface area contributed by atoms with Crippen LogP contribution in [0.5, 0.6) is 5.75 Å². The molecule has 8 heteroatoms. The lowest BCUT2D eigenvalue weighted by atomic mass is 9.94. The van der Waals surface area contributed by atoms with Crippen molar-refractivity contribution in [2.45, 2.75) is 41.0 Å². The summed E-state index contributed by atoms with van der Waals surface area (Å²) in [7, 11) is 0. The molecule has 0 N–H and O–H groups in total. The summed E-state index contributed by atoms with van der Waals surface area (Å²) in [5, 5.41) is 4.43. The Kier molecular flexibility index (Phi) is 6.20. The quantitative estimate of drug-likeness (QED) is 0.713.